The van der Waals surface area contributed by atoms with Crippen LogP contribution in [0.15, 0.2) is 36.4 Å². The number of hydrogen-bond acceptors (Lipinski definition) is 3. The normalized spacial score (nSPS) is 11.3. The zero-order chi connectivity index (χ0) is 15.6. The summed E-state index contributed by atoms with van der Waals surface area (Å²) in [6, 6.07) is 10.8. The first-order valence-corrected chi connectivity index (χ1v) is 6.82. The maximum atomic E-state index is 13.9. The van der Waals surface area contributed by atoms with E-state index in [4.69, 9.17) is 10.5 Å². The summed E-state index contributed by atoms with van der Waals surface area (Å²) in [5.41, 5.74) is 8.42. The van der Waals surface area contributed by atoms with Crippen LogP contribution in [0.5, 0.6) is 5.75 Å². The Hall–Kier alpha value is -2.23. The molecule has 0 atom stereocenters. The van der Waals surface area contributed by atoms with Crippen LogP contribution in [0.1, 0.15) is 26.3 Å². The van der Waals surface area contributed by atoms with Gasteiger partial charge in [0.15, 0.2) is 0 Å². The van der Waals surface area contributed by atoms with Gasteiger partial charge in [0.2, 0.25) is 0 Å². The van der Waals surface area contributed by atoms with E-state index in [9.17, 15) is 4.39 Å². The Morgan fingerprint density at radius 3 is 2.24 bits per heavy atom. The molecule has 0 saturated carbocycles. The van der Waals surface area contributed by atoms with Crippen molar-refractivity contribution in [3.8, 4) is 5.75 Å². The SMILES string of the molecule is COc1cc(Nc2ccc(C(C)(C)C)cc2)c(F)cc1N. The van der Waals surface area contributed by atoms with E-state index in [1.807, 2.05) is 24.3 Å². The minimum absolute atomic E-state index is 0.0915. The van der Waals surface area contributed by atoms with Gasteiger partial charge in [-0.15, -0.1) is 0 Å². The smallest absolute Gasteiger partial charge is 0.148 e. The molecule has 0 unspecified atom stereocenters. The lowest BCUT2D eigenvalue weighted by Crippen LogP contribution is -2.10. The van der Waals surface area contributed by atoms with Crippen LogP contribution in [0.25, 0.3) is 0 Å². The minimum atomic E-state index is -0.409. The summed E-state index contributed by atoms with van der Waals surface area (Å²) in [7, 11) is 1.51. The lowest BCUT2D eigenvalue weighted by Gasteiger charge is -2.19. The Labute approximate surface area is 124 Å². The number of methoxy groups -OCH3 is 1. The monoisotopic (exact) mass is 288 g/mol. The summed E-state index contributed by atoms with van der Waals surface area (Å²) >= 11 is 0. The van der Waals surface area contributed by atoms with E-state index in [-0.39, 0.29) is 11.1 Å². The number of nitrogens with one attached hydrogen (secondary N) is 1. The van der Waals surface area contributed by atoms with Gasteiger partial charge in [0.1, 0.15) is 11.6 Å². The van der Waals surface area contributed by atoms with Crippen LogP contribution >= 0.6 is 0 Å². The van der Waals surface area contributed by atoms with Crippen molar-refractivity contribution in [1.29, 1.82) is 0 Å². The van der Waals surface area contributed by atoms with E-state index in [1.165, 1.54) is 18.7 Å². The van der Waals surface area contributed by atoms with Gasteiger partial charge >= 0.3 is 0 Å². The van der Waals surface area contributed by atoms with E-state index in [2.05, 4.69) is 26.1 Å². The number of nitrogens with two attached hydrogens (primary N) is 1. The molecule has 21 heavy (non-hydrogen) atoms. The van der Waals surface area contributed by atoms with Crippen LogP contribution in [0.3, 0.4) is 0 Å². The zero-order valence-electron chi connectivity index (χ0n) is 12.8. The van der Waals surface area contributed by atoms with Gasteiger partial charge in [-0.25, -0.2) is 4.39 Å². The molecule has 0 amide bonds. The molecule has 2 aromatic rings. The van der Waals surface area contributed by atoms with Crippen molar-refractivity contribution in [3.05, 3.63) is 47.8 Å². The first-order valence-electron chi connectivity index (χ1n) is 6.82. The highest BCUT2D eigenvalue weighted by molar-refractivity contribution is 5.67. The number of nitrogen functional groups attached to an aromatic ring is 1. The predicted octanol–water partition coefficient (Wildman–Crippen LogP) is 4.46. The maximum Gasteiger partial charge on any atom is 0.148 e. The zero-order valence-corrected chi connectivity index (χ0v) is 12.8. The topological polar surface area (TPSA) is 47.3 Å². The van der Waals surface area contributed by atoms with Crippen LogP contribution in [-0.4, -0.2) is 7.11 Å². The Morgan fingerprint density at radius 1 is 1.10 bits per heavy atom. The van der Waals surface area contributed by atoms with Crippen molar-refractivity contribution in [3.63, 3.8) is 0 Å². The number of rotatable bonds is 3. The highest BCUT2D eigenvalue weighted by atomic mass is 19.1. The standard InChI is InChI=1S/C17H21FN2O/c1-17(2,3)11-5-7-12(8-6-11)20-15-10-16(21-4)14(19)9-13(15)18/h5-10,20H,19H2,1-4H3. The first kappa shape index (κ1) is 15.2. The van der Waals surface area contributed by atoms with Crippen LogP contribution in [-0.2, 0) is 5.41 Å². The van der Waals surface area contributed by atoms with Gasteiger partial charge in [-0.1, -0.05) is 32.9 Å². The minimum Gasteiger partial charge on any atom is -0.495 e. The summed E-state index contributed by atoms with van der Waals surface area (Å²) in [6.45, 7) is 6.46. The molecule has 4 heteroatoms. The second kappa shape index (κ2) is 5.64. The van der Waals surface area contributed by atoms with Crippen molar-refractivity contribution in [2.24, 2.45) is 0 Å². The molecule has 0 aliphatic rings. The lowest BCUT2D eigenvalue weighted by atomic mass is 9.87. The number of ether oxygens (including phenoxy) is 1. The van der Waals surface area contributed by atoms with Gasteiger partial charge in [-0.05, 0) is 23.1 Å². The van der Waals surface area contributed by atoms with Crippen LogP contribution < -0.4 is 15.8 Å². The molecule has 2 rings (SSSR count). The van der Waals surface area contributed by atoms with Crippen molar-refractivity contribution >= 4 is 17.1 Å². The third-order valence-corrected chi connectivity index (χ3v) is 3.35. The van der Waals surface area contributed by atoms with E-state index in [0.29, 0.717) is 11.4 Å². The summed E-state index contributed by atoms with van der Waals surface area (Å²) in [5.74, 6) is 0.0402. The average Bonchev–Trinajstić information content (AvgIpc) is 2.41. The second-order valence-electron chi connectivity index (χ2n) is 6.03. The van der Waals surface area contributed by atoms with Crippen LogP contribution in [0.2, 0.25) is 0 Å². The van der Waals surface area contributed by atoms with Crippen LogP contribution in [0, 0.1) is 5.82 Å². The predicted molar refractivity (Wildman–Crippen MR) is 85.8 cm³/mol. The fourth-order valence-corrected chi connectivity index (χ4v) is 2.05. The second-order valence-corrected chi connectivity index (χ2v) is 6.03. The third-order valence-electron chi connectivity index (χ3n) is 3.35. The molecule has 0 heterocycles. The third kappa shape index (κ3) is 3.45. The van der Waals surface area contributed by atoms with E-state index in [1.54, 1.807) is 6.07 Å². The van der Waals surface area contributed by atoms with E-state index < -0.39 is 5.82 Å². The van der Waals surface area contributed by atoms with Gasteiger partial charge in [-0.3, -0.25) is 0 Å². The average molecular weight is 288 g/mol. The summed E-state index contributed by atoms with van der Waals surface area (Å²) in [6.07, 6.45) is 0. The molecule has 0 aliphatic carbocycles. The van der Waals surface area contributed by atoms with Crippen molar-refractivity contribution in [2.45, 2.75) is 26.2 Å². The molecule has 0 bridgehead atoms. The van der Waals surface area contributed by atoms with Gasteiger partial charge < -0.3 is 15.8 Å². The number of hydrogen-bond donors (Lipinski definition) is 2. The number of benzene rings is 2. The number of anilines is 3. The maximum absolute atomic E-state index is 13.9. The molecule has 0 radical (unpaired) electrons. The fourth-order valence-electron chi connectivity index (χ4n) is 2.05. The Bertz CT molecular complexity index is 630. The highest BCUT2D eigenvalue weighted by Gasteiger charge is 2.13. The highest BCUT2D eigenvalue weighted by Crippen LogP contribution is 2.31. The summed E-state index contributed by atoms with van der Waals surface area (Å²) in [5, 5.41) is 3.04. The Kier molecular flexibility index (Phi) is 4.07. The van der Waals surface area contributed by atoms with E-state index in [0.717, 1.165) is 5.69 Å². The summed E-state index contributed by atoms with van der Waals surface area (Å²) in [4.78, 5) is 0. The van der Waals surface area contributed by atoms with E-state index >= 15 is 0 Å². The molecular weight excluding hydrogens is 267 g/mol. The quantitative estimate of drug-likeness (QED) is 0.820. The lowest BCUT2D eigenvalue weighted by molar-refractivity contribution is 0.416. The molecule has 0 aromatic heterocycles. The molecule has 0 aliphatic heterocycles. The Morgan fingerprint density at radius 2 is 1.71 bits per heavy atom. The molecule has 0 spiro atoms. The first-order chi connectivity index (χ1) is 9.81. The fraction of sp³-hybridized carbons (Fsp3) is 0.294. The van der Waals surface area contributed by atoms with Gasteiger partial charge in [0, 0.05) is 17.8 Å². The molecule has 3 nitrogen and oxygen atoms in total. The largest absolute Gasteiger partial charge is 0.495 e. The molecular formula is C17H21FN2O. The molecule has 2 aromatic carbocycles. The van der Waals surface area contributed by atoms with Crippen molar-refractivity contribution < 1.29 is 9.13 Å². The van der Waals surface area contributed by atoms with Gasteiger partial charge in [0.25, 0.3) is 0 Å². The summed E-state index contributed by atoms with van der Waals surface area (Å²) < 4.78 is 19.0. The van der Waals surface area contributed by atoms with Crippen LogP contribution in [0.4, 0.5) is 21.5 Å². The molecule has 3 N–H and O–H groups in total. The number of halogens is 1. The Balaban J connectivity index is 2.26. The van der Waals surface area contributed by atoms with Gasteiger partial charge in [-0.2, -0.15) is 0 Å². The molecule has 112 valence electrons. The molecule has 0 fully saturated rings. The van der Waals surface area contributed by atoms with Gasteiger partial charge in [0.05, 0.1) is 18.5 Å². The van der Waals surface area contributed by atoms with Crippen molar-refractivity contribution in [1.82, 2.24) is 0 Å². The molecule has 0 saturated heterocycles. The van der Waals surface area contributed by atoms with Crippen molar-refractivity contribution in [2.75, 3.05) is 18.2 Å².